The van der Waals surface area contributed by atoms with Crippen LogP contribution in [0.4, 0.5) is 0 Å². The normalized spacial score (nSPS) is 53.7. The number of Topliss-reactive ketones (excluding diaryl/α,β-unsaturated/α-hetero) is 1. The standard InChI is InChI=1S/C21H30O3/c1-3-21(24)11-8-17-16-5-4-14-12-15(23)6-10-20(14,13-22)18(16)7-9-19(17,21)2/h3,13-14,16-18,24H,1,4-12H2,2H3/t14?,16-,17-,18+,19-,20+,21?/m0/s1. The summed E-state index contributed by atoms with van der Waals surface area (Å²) in [5.41, 5.74) is -1.12. The van der Waals surface area contributed by atoms with Gasteiger partial charge in [0, 0.05) is 23.7 Å². The molecular formula is C21H30O3. The van der Waals surface area contributed by atoms with Crippen molar-refractivity contribution < 1.29 is 14.7 Å². The van der Waals surface area contributed by atoms with Crippen LogP contribution in [0.3, 0.4) is 0 Å². The van der Waals surface area contributed by atoms with Gasteiger partial charge in [-0.1, -0.05) is 13.0 Å². The van der Waals surface area contributed by atoms with Crippen molar-refractivity contribution in [3.63, 3.8) is 0 Å². The van der Waals surface area contributed by atoms with E-state index in [1.807, 2.05) is 0 Å². The molecular weight excluding hydrogens is 300 g/mol. The summed E-state index contributed by atoms with van der Waals surface area (Å²) in [4.78, 5) is 24.2. The smallest absolute Gasteiger partial charge is 0.133 e. The number of rotatable bonds is 2. The molecule has 4 aliphatic carbocycles. The zero-order valence-corrected chi connectivity index (χ0v) is 14.8. The molecule has 0 aliphatic heterocycles. The number of hydrogen-bond donors (Lipinski definition) is 1. The van der Waals surface area contributed by atoms with Crippen molar-refractivity contribution in [3.05, 3.63) is 12.7 Å². The first-order chi connectivity index (χ1) is 11.4. The quantitative estimate of drug-likeness (QED) is 0.620. The lowest BCUT2D eigenvalue weighted by Crippen LogP contribution is -2.57. The summed E-state index contributed by atoms with van der Waals surface area (Å²) in [7, 11) is 0. The van der Waals surface area contributed by atoms with Crippen LogP contribution in [-0.4, -0.2) is 22.8 Å². The van der Waals surface area contributed by atoms with Crippen LogP contribution < -0.4 is 0 Å². The molecule has 0 amide bonds. The van der Waals surface area contributed by atoms with Gasteiger partial charge in [0.2, 0.25) is 0 Å². The van der Waals surface area contributed by atoms with Crippen LogP contribution in [0.25, 0.3) is 0 Å². The summed E-state index contributed by atoms with van der Waals surface area (Å²) in [5, 5.41) is 11.1. The predicted molar refractivity (Wildman–Crippen MR) is 92.3 cm³/mol. The Labute approximate surface area is 144 Å². The van der Waals surface area contributed by atoms with Gasteiger partial charge in [-0.25, -0.2) is 0 Å². The van der Waals surface area contributed by atoms with E-state index in [9.17, 15) is 14.7 Å². The Morgan fingerprint density at radius 2 is 1.88 bits per heavy atom. The Bertz CT molecular complexity index is 584. The minimum atomic E-state index is -0.754. The van der Waals surface area contributed by atoms with Gasteiger partial charge in [-0.05, 0) is 68.6 Å². The highest BCUT2D eigenvalue weighted by molar-refractivity contribution is 5.82. The lowest BCUT2D eigenvalue weighted by molar-refractivity contribution is -0.158. The zero-order valence-electron chi connectivity index (χ0n) is 14.8. The van der Waals surface area contributed by atoms with Crippen LogP contribution in [0.15, 0.2) is 12.7 Å². The van der Waals surface area contributed by atoms with E-state index in [1.165, 1.54) is 6.29 Å². The Kier molecular flexibility index (Phi) is 3.62. The monoisotopic (exact) mass is 330 g/mol. The number of hydrogen-bond acceptors (Lipinski definition) is 3. The fourth-order valence-electron chi connectivity index (χ4n) is 7.37. The first-order valence-electron chi connectivity index (χ1n) is 9.74. The molecule has 4 rings (SSSR count). The van der Waals surface area contributed by atoms with Gasteiger partial charge >= 0.3 is 0 Å². The van der Waals surface area contributed by atoms with Gasteiger partial charge in [0.15, 0.2) is 0 Å². The maximum Gasteiger partial charge on any atom is 0.133 e. The minimum Gasteiger partial charge on any atom is -0.385 e. The summed E-state index contributed by atoms with van der Waals surface area (Å²) in [6.45, 7) is 6.16. The van der Waals surface area contributed by atoms with Crippen LogP contribution >= 0.6 is 0 Å². The van der Waals surface area contributed by atoms with Gasteiger partial charge in [-0.2, -0.15) is 0 Å². The molecule has 3 nitrogen and oxygen atoms in total. The molecule has 0 bridgehead atoms. The van der Waals surface area contributed by atoms with Crippen LogP contribution in [0.2, 0.25) is 0 Å². The van der Waals surface area contributed by atoms with E-state index >= 15 is 0 Å². The summed E-state index contributed by atoms with van der Waals surface area (Å²) in [6, 6.07) is 0. The molecule has 0 saturated heterocycles. The molecule has 4 saturated carbocycles. The van der Waals surface area contributed by atoms with E-state index < -0.39 is 5.60 Å². The van der Waals surface area contributed by atoms with Crippen LogP contribution in [0, 0.1) is 34.5 Å². The zero-order chi connectivity index (χ0) is 17.2. The molecule has 132 valence electrons. The molecule has 4 fully saturated rings. The molecule has 0 aromatic heterocycles. The average Bonchev–Trinajstić information content (AvgIpc) is 2.86. The van der Waals surface area contributed by atoms with Crippen molar-refractivity contribution in [2.45, 2.75) is 70.3 Å². The highest BCUT2D eigenvalue weighted by Crippen LogP contribution is 2.67. The molecule has 0 heterocycles. The van der Waals surface area contributed by atoms with E-state index in [0.717, 1.165) is 44.9 Å². The van der Waals surface area contributed by atoms with E-state index in [-0.39, 0.29) is 16.7 Å². The molecule has 0 aromatic rings. The molecule has 3 heteroatoms. The Morgan fingerprint density at radius 1 is 1.12 bits per heavy atom. The summed E-state index contributed by atoms with van der Waals surface area (Å²) in [6.07, 6.45) is 10.9. The van der Waals surface area contributed by atoms with Crippen molar-refractivity contribution >= 4 is 12.1 Å². The van der Waals surface area contributed by atoms with E-state index in [0.29, 0.717) is 36.4 Å². The first kappa shape index (κ1) is 16.5. The predicted octanol–water partition coefficient (Wildman–Crippen LogP) is 3.69. The molecule has 7 atom stereocenters. The molecule has 4 aliphatic rings. The summed E-state index contributed by atoms with van der Waals surface area (Å²) in [5.74, 6) is 2.02. The van der Waals surface area contributed by atoms with E-state index in [4.69, 9.17) is 0 Å². The number of carbonyl (C=O) groups excluding carboxylic acids is 2. The van der Waals surface area contributed by atoms with Gasteiger partial charge < -0.3 is 9.90 Å². The van der Waals surface area contributed by atoms with Crippen LogP contribution in [0.5, 0.6) is 0 Å². The van der Waals surface area contributed by atoms with Gasteiger partial charge in [0.25, 0.3) is 0 Å². The lowest BCUT2D eigenvalue weighted by Gasteiger charge is -2.60. The third-order valence-corrected chi connectivity index (χ3v) is 8.82. The van der Waals surface area contributed by atoms with Crippen molar-refractivity contribution in [1.29, 1.82) is 0 Å². The number of fused-ring (bicyclic) bond motifs is 5. The van der Waals surface area contributed by atoms with Crippen molar-refractivity contribution in [1.82, 2.24) is 0 Å². The largest absolute Gasteiger partial charge is 0.385 e. The van der Waals surface area contributed by atoms with Crippen molar-refractivity contribution in [2.75, 3.05) is 0 Å². The number of ketones is 1. The van der Waals surface area contributed by atoms with Crippen LogP contribution in [-0.2, 0) is 9.59 Å². The Balaban J connectivity index is 1.69. The topological polar surface area (TPSA) is 54.4 Å². The number of aliphatic hydroxyl groups is 1. The van der Waals surface area contributed by atoms with Crippen LogP contribution in [0.1, 0.15) is 64.7 Å². The molecule has 0 aromatic carbocycles. The number of carbonyl (C=O) groups is 2. The Morgan fingerprint density at radius 3 is 2.58 bits per heavy atom. The Hall–Kier alpha value is -0.960. The average molecular weight is 330 g/mol. The second kappa shape index (κ2) is 5.27. The third kappa shape index (κ3) is 1.88. The fraction of sp³-hybridized carbons (Fsp3) is 0.810. The maximum absolute atomic E-state index is 12.3. The second-order valence-electron chi connectivity index (χ2n) is 9.25. The summed E-state index contributed by atoms with van der Waals surface area (Å²) >= 11 is 0. The fourth-order valence-corrected chi connectivity index (χ4v) is 7.37. The molecule has 24 heavy (non-hydrogen) atoms. The maximum atomic E-state index is 12.3. The summed E-state index contributed by atoms with van der Waals surface area (Å²) < 4.78 is 0. The third-order valence-electron chi connectivity index (χ3n) is 8.82. The van der Waals surface area contributed by atoms with E-state index in [1.54, 1.807) is 6.08 Å². The van der Waals surface area contributed by atoms with Crippen molar-refractivity contribution in [2.24, 2.45) is 34.5 Å². The SMILES string of the molecule is C=CC1(O)CC[C@H]2[C@@H]3CCC4CC(=O)CC[C@]4(C=O)[C@@H]3CC[C@@]21C. The van der Waals surface area contributed by atoms with Gasteiger partial charge in [0.05, 0.1) is 5.60 Å². The minimum absolute atomic E-state index is 0.0999. The highest BCUT2D eigenvalue weighted by atomic mass is 16.3. The van der Waals surface area contributed by atoms with Crippen molar-refractivity contribution in [3.8, 4) is 0 Å². The lowest BCUT2D eigenvalue weighted by atomic mass is 9.44. The van der Waals surface area contributed by atoms with E-state index in [2.05, 4.69) is 13.5 Å². The molecule has 0 spiro atoms. The van der Waals surface area contributed by atoms with Gasteiger partial charge in [-0.15, -0.1) is 6.58 Å². The molecule has 0 radical (unpaired) electrons. The van der Waals surface area contributed by atoms with Gasteiger partial charge in [0.1, 0.15) is 12.1 Å². The second-order valence-corrected chi connectivity index (χ2v) is 9.25. The molecule has 2 unspecified atom stereocenters. The van der Waals surface area contributed by atoms with Gasteiger partial charge in [-0.3, -0.25) is 4.79 Å². The number of aldehydes is 1. The molecule has 1 N–H and O–H groups in total. The first-order valence-corrected chi connectivity index (χ1v) is 9.74. The highest BCUT2D eigenvalue weighted by Gasteiger charge is 2.64.